The van der Waals surface area contributed by atoms with Crippen molar-refractivity contribution in [2.75, 3.05) is 40.8 Å². The van der Waals surface area contributed by atoms with Gasteiger partial charge < -0.3 is 14.7 Å². The number of hydrogen-bond acceptors (Lipinski definition) is 5. The van der Waals surface area contributed by atoms with Crippen LogP contribution in [0, 0.1) is 5.92 Å². The van der Waals surface area contributed by atoms with E-state index in [1.807, 2.05) is 6.07 Å². The van der Waals surface area contributed by atoms with Gasteiger partial charge in [0.25, 0.3) is 0 Å². The molecule has 0 spiro atoms. The molecule has 1 fully saturated rings. The molecular formula is C22H30N2O4S. The summed E-state index contributed by atoms with van der Waals surface area (Å²) in [5.41, 5.74) is -0.134. The number of rotatable bonds is 7. The van der Waals surface area contributed by atoms with Crippen molar-refractivity contribution in [1.29, 1.82) is 0 Å². The second-order valence-electron chi connectivity index (χ2n) is 7.58. The number of piperidine rings is 1. The molecule has 6 nitrogen and oxygen atoms in total. The highest BCUT2D eigenvalue weighted by atomic mass is 32.2. The Morgan fingerprint density at radius 2 is 2.03 bits per heavy atom. The van der Waals surface area contributed by atoms with E-state index in [0.29, 0.717) is 16.9 Å². The molecule has 0 bridgehead atoms. The molecule has 1 saturated heterocycles. The van der Waals surface area contributed by atoms with Crippen molar-refractivity contribution in [3.63, 3.8) is 0 Å². The van der Waals surface area contributed by atoms with E-state index in [2.05, 4.69) is 0 Å². The minimum atomic E-state index is -3.65. The summed E-state index contributed by atoms with van der Waals surface area (Å²) in [6, 6.07) is 15.9. The second-order valence-corrected chi connectivity index (χ2v) is 9.55. The minimum absolute atomic E-state index is 0.00155. The van der Waals surface area contributed by atoms with Crippen molar-refractivity contribution < 1.29 is 22.4 Å². The number of sulfonamides is 1. The maximum absolute atomic E-state index is 13.1. The fourth-order valence-electron chi connectivity index (χ4n) is 3.93. The predicted molar refractivity (Wildman–Crippen MR) is 114 cm³/mol. The van der Waals surface area contributed by atoms with Gasteiger partial charge in [0.15, 0.2) is 0 Å². The normalized spacial score (nSPS) is 25.2. The average molecular weight is 422 g/mol. The summed E-state index contributed by atoms with van der Waals surface area (Å²) in [7, 11) is -0.663. The van der Waals surface area contributed by atoms with Crippen LogP contribution in [0.3, 0.4) is 0 Å². The van der Waals surface area contributed by atoms with E-state index in [-0.39, 0.29) is 31.8 Å². The van der Waals surface area contributed by atoms with E-state index in [9.17, 15) is 13.5 Å². The highest BCUT2D eigenvalue weighted by Gasteiger charge is 2.45. The Hall–Kier alpha value is -1.93. The first-order valence-electron chi connectivity index (χ1n) is 11.1. The third-order valence-electron chi connectivity index (χ3n) is 5.49. The van der Waals surface area contributed by atoms with Crippen LogP contribution in [-0.4, -0.2) is 63.5 Å². The van der Waals surface area contributed by atoms with E-state index in [0.717, 1.165) is 0 Å². The van der Waals surface area contributed by atoms with Gasteiger partial charge in [0.2, 0.25) is 10.0 Å². The minimum Gasteiger partial charge on any atom is -0.497 e. The van der Waals surface area contributed by atoms with E-state index in [1.54, 1.807) is 48.5 Å². The molecule has 3 rings (SSSR count). The highest BCUT2D eigenvalue weighted by Crippen LogP contribution is 2.40. The quantitative estimate of drug-likeness (QED) is 0.743. The molecule has 29 heavy (non-hydrogen) atoms. The third-order valence-corrected chi connectivity index (χ3v) is 7.31. The standard InChI is InChI=1S/C22H30N2O4S/c1-23(2)15-20-16-24(29(26,27)17-18-8-5-4-6-9-18)13-12-22(20,25)19-10-7-11-21(14-19)28-3/h4-11,14,20,25H,12-13,15-17H2,1-3H3/t20-,22-/m1/s1/i1D3. The Morgan fingerprint density at radius 1 is 1.28 bits per heavy atom. The number of nitrogens with zero attached hydrogens (tertiary/aromatic N) is 2. The van der Waals surface area contributed by atoms with Crippen LogP contribution in [0.2, 0.25) is 0 Å². The zero-order valence-corrected chi connectivity index (χ0v) is 17.6. The lowest BCUT2D eigenvalue weighted by Gasteiger charge is -2.45. The summed E-state index contributed by atoms with van der Waals surface area (Å²) in [5, 5.41) is 11.7. The van der Waals surface area contributed by atoms with Crippen LogP contribution in [0.5, 0.6) is 5.75 Å². The Morgan fingerprint density at radius 3 is 2.72 bits per heavy atom. The van der Waals surface area contributed by atoms with Crippen molar-refractivity contribution in [1.82, 2.24) is 9.21 Å². The molecule has 0 aromatic heterocycles. The largest absolute Gasteiger partial charge is 0.497 e. The molecule has 0 radical (unpaired) electrons. The molecule has 2 aromatic carbocycles. The topological polar surface area (TPSA) is 70.1 Å². The first kappa shape index (κ1) is 17.9. The van der Waals surface area contributed by atoms with Gasteiger partial charge in [-0.2, -0.15) is 0 Å². The van der Waals surface area contributed by atoms with Crippen molar-refractivity contribution in [2.45, 2.75) is 17.8 Å². The van der Waals surface area contributed by atoms with Gasteiger partial charge in [-0.1, -0.05) is 42.5 Å². The molecule has 2 atom stereocenters. The summed E-state index contributed by atoms with van der Waals surface area (Å²) < 4.78 is 56.0. The fraction of sp³-hybridized carbons (Fsp3) is 0.455. The van der Waals surface area contributed by atoms with Gasteiger partial charge in [-0.25, -0.2) is 12.7 Å². The molecule has 1 N–H and O–H groups in total. The van der Waals surface area contributed by atoms with Crippen LogP contribution in [0.15, 0.2) is 54.6 Å². The Balaban J connectivity index is 1.91. The van der Waals surface area contributed by atoms with Gasteiger partial charge >= 0.3 is 0 Å². The lowest BCUT2D eigenvalue weighted by molar-refractivity contribution is -0.0698. The van der Waals surface area contributed by atoms with Gasteiger partial charge in [-0.15, -0.1) is 0 Å². The molecule has 1 aliphatic rings. The zero-order chi connectivity index (χ0) is 23.6. The van der Waals surface area contributed by atoms with E-state index in [4.69, 9.17) is 8.85 Å². The van der Waals surface area contributed by atoms with Crippen LogP contribution in [-0.2, 0) is 21.4 Å². The highest BCUT2D eigenvalue weighted by molar-refractivity contribution is 7.88. The van der Waals surface area contributed by atoms with Gasteiger partial charge in [-0.3, -0.25) is 0 Å². The fourth-order valence-corrected chi connectivity index (χ4v) is 5.50. The summed E-state index contributed by atoms with van der Waals surface area (Å²) in [5.74, 6) is -0.231. The van der Waals surface area contributed by atoms with E-state index in [1.165, 1.54) is 23.4 Å². The van der Waals surface area contributed by atoms with Gasteiger partial charge in [-0.05, 0) is 43.7 Å². The molecule has 0 unspecified atom stereocenters. The van der Waals surface area contributed by atoms with Crippen LogP contribution >= 0.6 is 0 Å². The average Bonchev–Trinajstić information content (AvgIpc) is 2.75. The van der Waals surface area contributed by atoms with Crippen molar-refractivity contribution >= 4 is 10.0 Å². The van der Waals surface area contributed by atoms with Crippen molar-refractivity contribution in [2.24, 2.45) is 5.92 Å². The monoisotopic (exact) mass is 421 g/mol. The van der Waals surface area contributed by atoms with Gasteiger partial charge in [0.05, 0.1) is 18.5 Å². The summed E-state index contributed by atoms with van der Waals surface area (Å²) >= 11 is 0. The maximum Gasteiger partial charge on any atom is 0.218 e. The van der Waals surface area contributed by atoms with Gasteiger partial charge in [0.1, 0.15) is 5.75 Å². The summed E-state index contributed by atoms with van der Waals surface area (Å²) in [6.45, 7) is -2.21. The second kappa shape index (κ2) is 8.83. The molecule has 7 heteroatoms. The molecule has 0 aliphatic carbocycles. The number of aliphatic hydroxyl groups is 1. The molecule has 0 amide bonds. The summed E-state index contributed by atoms with van der Waals surface area (Å²) in [4.78, 5) is 1.18. The van der Waals surface area contributed by atoms with E-state index < -0.39 is 28.5 Å². The lowest BCUT2D eigenvalue weighted by Crippen LogP contribution is -2.54. The smallest absolute Gasteiger partial charge is 0.218 e. The SMILES string of the molecule is [2H]C([2H])([2H])N(C)C[C@@H]1CN(S(=O)(=O)Cc2ccccc2)CC[C@@]1(O)c1cccc(OC)c1. The summed E-state index contributed by atoms with van der Waals surface area (Å²) in [6.07, 6.45) is 0.147. The Kier molecular flexibility index (Phi) is 5.45. The number of ether oxygens (including phenoxy) is 1. The van der Waals surface area contributed by atoms with Crippen molar-refractivity contribution in [3.05, 3.63) is 65.7 Å². The van der Waals surface area contributed by atoms with Crippen LogP contribution in [0.4, 0.5) is 0 Å². The van der Waals surface area contributed by atoms with Gasteiger partial charge in [0, 0.05) is 29.7 Å². The Bertz CT molecular complexity index is 1020. The van der Waals surface area contributed by atoms with Crippen LogP contribution in [0.25, 0.3) is 0 Å². The van der Waals surface area contributed by atoms with Crippen LogP contribution in [0.1, 0.15) is 21.7 Å². The molecule has 158 valence electrons. The van der Waals surface area contributed by atoms with Crippen molar-refractivity contribution in [3.8, 4) is 5.75 Å². The maximum atomic E-state index is 13.1. The predicted octanol–water partition coefficient (Wildman–Crippen LogP) is 2.30. The Labute approximate surface area is 178 Å². The molecule has 0 saturated carbocycles. The third kappa shape index (κ3) is 4.98. The molecular weight excluding hydrogens is 388 g/mol. The first-order valence-corrected chi connectivity index (χ1v) is 11.2. The number of hydrogen-bond donors (Lipinski definition) is 1. The molecule has 1 aliphatic heterocycles. The first-order chi connectivity index (χ1) is 15.0. The number of benzene rings is 2. The van der Waals surface area contributed by atoms with Crippen LogP contribution < -0.4 is 4.74 Å². The lowest BCUT2D eigenvalue weighted by atomic mass is 9.76. The molecule has 1 heterocycles. The zero-order valence-electron chi connectivity index (χ0n) is 19.8. The number of methoxy groups -OCH3 is 1. The van der Waals surface area contributed by atoms with E-state index >= 15 is 0 Å². The molecule has 2 aromatic rings.